The molecule has 1 aromatic rings. The summed E-state index contributed by atoms with van der Waals surface area (Å²) >= 11 is 0. The molecule has 14 heavy (non-hydrogen) atoms. The zero-order chi connectivity index (χ0) is 9.52. The van der Waals surface area contributed by atoms with E-state index < -0.39 is 0 Å². The average Bonchev–Trinajstić information content (AvgIpc) is 2.19. The summed E-state index contributed by atoms with van der Waals surface area (Å²) in [5, 5.41) is 3.34. The lowest BCUT2D eigenvalue weighted by molar-refractivity contribution is 0.415. The molecular weight excluding hydrogens is 198 g/mol. The van der Waals surface area contributed by atoms with Crippen LogP contribution in [-0.4, -0.2) is 13.7 Å². The number of hydrogen-bond acceptors (Lipinski definition) is 2. The van der Waals surface area contributed by atoms with E-state index in [1.54, 1.807) is 7.11 Å². The van der Waals surface area contributed by atoms with Crippen LogP contribution >= 0.6 is 12.4 Å². The summed E-state index contributed by atoms with van der Waals surface area (Å²) < 4.78 is 5.07. The molecule has 0 atom stereocenters. The van der Waals surface area contributed by atoms with Gasteiger partial charge in [-0.2, -0.15) is 0 Å². The second-order valence-corrected chi connectivity index (χ2v) is 3.01. The molecule has 0 saturated heterocycles. The fraction of sp³-hybridized carbons (Fsp3) is 0.455. The van der Waals surface area contributed by atoms with E-state index in [0.29, 0.717) is 0 Å². The van der Waals surface area contributed by atoms with Gasteiger partial charge < -0.3 is 10.1 Å². The molecule has 0 heterocycles. The summed E-state index contributed by atoms with van der Waals surface area (Å²) in [5.74, 6) is 0.904. The fourth-order valence-corrected chi connectivity index (χ4v) is 1.12. The molecule has 0 fully saturated rings. The van der Waals surface area contributed by atoms with Gasteiger partial charge in [0, 0.05) is 12.2 Å². The third-order valence-electron chi connectivity index (χ3n) is 1.95. The lowest BCUT2D eigenvalue weighted by Crippen LogP contribution is -2.00. The predicted octanol–water partition coefficient (Wildman–Crippen LogP) is 3.33. The van der Waals surface area contributed by atoms with Gasteiger partial charge in [-0.15, -0.1) is 12.4 Å². The molecule has 0 aliphatic heterocycles. The monoisotopic (exact) mass is 215 g/mol. The first-order chi connectivity index (χ1) is 6.36. The standard InChI is InChI=1S/C11H17NO.ClH/c1-3-4-9-12-10-5-7-11(13-2)8-6-10;/h5-8,12H,3-4,9H2,1-2H3;1H. The van der Waals surface area contributed by atoms with Crippen LogP contribution in [0.1, 0.15) is 19.8 Å². The number of anilines is 1. The van der Waals surface area contributed by atoms with Gasteiger partial charge in [-0.1, -0.05) is 13.3 Å². The third-order valence-corrected chi connectivity index (χ3v) is 1.95. The summed E-state index contributed by atoms with van der Waals surface area (Å²) in [7, 11) is 1.68. The van der Waals surface area contributed by atoms with Crippen molar-refractivity contribution in [3.63, 3.8) is 0 Å². The Labute approximate surface area is 92.1 Å². The molecule has 0 aromatic heterocycles. The largest absolute Gasteiger partial charge is 0.497 e. The topological polar surface area (TPSA) is 21.3 Å². The number of ether oxygens (including phenoxy) is 1. The highest BCUT2D eigenvalue weighted by atomic mass is 35.5. The molecular formula is C11H18ClNO. The third kappa shape index (κ3) is 4.38. The number of benzene rings is 1. The van der Waals surface area contributed by atoms with Gasteiger partial charge in [0.15, 0.2) is 0 Å². The molecule has 0 aliphatic rings. The van der Waals surface area contributed by atoms with Gasteiger partial charge in [-0.25, -0.2) is 0 Å². The van der Waals surface area contributed by atoms with E-state index in [1.165, 1.54) is 12.8 Å². The molecule has 0 bridgehead atoms. The van der Waals surface area contributed by atoms with Crippen molar-refractivity contribution < 1.29 is 4.74 Å². The van der Waals surface area contributed by atoms with Gasteiger partial charge >= 0.3 is 0 Å². The highest BCUT2D eigenvalue weighted by Crippen LogP contribution is 2.14. The Balaban J connectivity index is 0.00000169. The summed E-state index contributed by atoms with van der Waals surface area (Å²) in [6, 6.07) is 8.01. The first kappa shape index (κ1) is 13.1. The Hall–Kier alpha value is -0.890. The van der Waals surface area contributed by atoms with Gasteiger partial charge in [0.05, 0.1) is 7.11 Å². The number of nitrogens with one attached hydrogen (secondary N) is 1. The first-order valence-corrected chi connectivity index (χ1v) is 4.74. The molecule has 1 N–H and O–H groups in total. The number of methoxy groups -OCH3 is 1. The van der Waals surface area contributed by atoms with Crippen LogP contribution in [-0.2, 0) is 0 Å². The van der Waals surface area contributed by atoms with Crippen LogP contribution in [0.25, 0.3) is 0 Å². The van der Waals surface area contributed by atoms with Crippen LogP contribution in [0.2, 0.25) is 0 Å². The normalized spacial score (nSPS) is 9.00. The van der Waals surface area contributed by atoms with Crippen LogP contribution in [0.4, 0.5) is 5.69 Å². The van der Waals surface area contributed by atoms with Gasteiger partial charge in [0.25, 0.3) is 0 Å². The van der Waals surface area contributed by atoms with Crippen molar-refractivity contribution in [2.75, 3.05) is 19.0 Å². The van der Waals surface area contributed by atoms with Crippen LogP contribution in [0.3, 0.4) is 0 Å². The fourth-order valence-electron chi connectivity index (χ4n) is 1.12. The molecule has 0 unspecified atom stereocenters. The molecule has 0 spiro atoms. The second kappa shape index (κ2) is 7.51. The van der Waals surface area contributed by atoms with Crippen LogP contribution in [0, 0.1) is 0 Å². The van der Waals surface area contributed by atoms with E-state index in [9.17, 15) is 0 Å². The van der Waals surface area contributed by atoms with Gasteiger partial charge in [-0.05, 0) is 30.7 Å². The summed E-state index contributed by atoms with van der Waals surface area (Å²) in [5.41, 5.74) is 1.16. The highest BCUT2D eigenvalue weighted by molar-refractivity contribution is 5.85. The van der Waals surface area contributed by atoms with Crippen molar-refractivity contribution in [3.05, 3.63) is 24.3 Å². The molecule has 0 saturated carbocycles. The first-order valence-electron chi connectivity index (χ1n) is 4.74. The second-order valence-electron chi connectivity index (χ2n) is 3.01. The van der Waals surface area contributed by atoms with Gasteiger partial charge in [0.2, 0.25) is 0 Å². The number of halogens is 1. The summed E-state index contributed by atoms with van der Waals surface area (Å²) in [4.78, 5) is 0. The summed E-state index contributed by atoms with van der Waals surface area (Å²) in [6.07, 6.45) is 2.44. The maximum atomic E-state index is 5.07. The average molecular weight is 216 g/mol. The summed E-state index contributed by atoms with van der Waals surface area (Å²) in [6.45, 7) is 3.23. The molecule has 80 valence electrons. The zero-order valence-corrected chi connectivity index (χ0v) is 9.56. The molecule has 0 radical (unpaired) electrons. The van der Waals surface area contributed by atoms with E-state index in [2.05, 4.69) is 12.2 Å². The van der Waals surface area contributed by atoms with Gasteiger partial charge in [-0.3, -0.25) is 0 Å². The predicted molar refractivity (Wildman–Crippen MR) is 63.6 cm³/mol. The SMILES string of the molecule is CCCCNc1ccc(OC)cc1.Cl. The zero-order valence-electron chi connectivity index (χ0n) is 8.75. The van der Waals surface area contributed by atoms with Crippen molar-refractivity contribution >= 4 is 18.1 Å². The molecule has 3 heteroatoms. The smallest absolute Gasteiger partial charge is 0.119 e. The van der Waals surface area contributed by atoms with Gasteiger partial charge in [0.1, 0.15) is 5.75 Å². The maximum absolute atomic E-state index is 5.07. The van der Waals surface area contributed by atoms with Crippen molar-refractivity contribution in [3.8, 4) is 5.75 Å². The molecule has 0 aliphatic carbocycles. The van der Waals surface area contributed by atoms with Crippen LogP contribution in [0.5, 0.6) is 5.75 Å². The van der Waals surface area contributed by atoms with E-state index in [1.807, 2.05) is 24.3 Å². The maximum Gasteiger partial charge on any atom is 0.119 e. The Kier molecular flexibility index (Phi) is 7.03. The molecule has 1 aromatic carbocycles. The van der Waals surface area contributed by atoms with Crippen LogP contribution < -0.4 is 10.1 Å². The Morgan fingerprint density at radius 2 is 1.86 bits per heavy atom. The van der Waals surface area contributed by atoms with Crippen molar-refractivity contribution in [1.29, 1.82) is 0 Å². The number of hydrogen-bond donors (Lipinski definition) is 1. The number of rotatable bonds is 5. The van der Waals surface area contributed by atoms with E-state index in [-0.39, 0.29) is 12.4 Å². The lowest BCUT2D eigenvalue weighted by atomic mass is 10.3. The van der Waals surface area contributed by atoms with Crippen LogP contribution in [0.15, 0.2) is 24.3 Å². The quantitative estimate of drug-likeness (QED) is 0.761. The van der Waals surface area contributed by atoms with Crippen molar-refractivity contribution in [1.82, 2.24) is 0 Å². The lowest BCUT2D eigenvalue weighted by Gasteiger charge is -2.05. The number of unbranched alkanes of at least 4 members (excludes halogenated alkanes) is 1. The Morgan fingerprint density at radius 3 is 2.36 bits per heavy atom. The molecule has 0 amide bonds. The van der Waals surface area contributed by atoms with Crippen molar-refractivity contribution in [2.45, 2.75) is 19.8 Å². The van der Waals surface area contributed by atoms with E-state index in [4.69, 9.17) is 4.74 Å². The minimum Gasteiger partial charge on any atom is -0.497 e. The molecule has 1 rings (SSSR count). The minimum absolute atomic E-state index is 0. The van der Waals surface area contributed by atoms with Crippen molar-refractivity contribution in [2.24, 2.45) is 0 Å². The Bertz CT molecular complexity index is 236. The Morgan fingerprint density at radius 1 is 1.21 bits per heavy atom. The molecule has 2 nitrogen and oxygen atoms in total. The highest BCUT2D eigenvalue weighted by Gasteiger charge is 1.91. The van der Waals surface area contributed by atoms with E-state index in [0.717, 1.165) is 18.0 Å². The van der Waals surface area contributed by atoms with E-state index >= 15 is 0 Å². The minimum atomic E-state index is 0.